The third-order valence-corrected chi connectivity index (χ3v) is 8.44. The molecule has 5 heteroatoms. The molecular weight excluding hydrogens is 410 g/mol. The van der Waals surface area contributed by atoms with Crippen molar-refractivity contribution in [2.24, 2.45) is 11.3 Å². The van der Waals surface area contributed by atoms with Gasteiger partial charge in [0.05, 0.1) is 6.04 Å². The van der Waals surface area contributed by atoms with E-state index in [-0.39, 0.29) is 29.2 Å². The van der Waals surface area contributed by atoms with Gasteiger partial charge in [-0.2, -0.15) is 0 Å². The smallest absolute Gasteiger partial charge is 0.223 e. The second kappa shape index (κ2) is 9.77. The molecule has 1 atom stereocenters. The maximum Gasteiger partial charge on any atom is 0.223 e. The Balaban J connectivity index is 1.39. The number of carbonyl (C=O) groups is 2. The van der Waals surface area contributed by atoms with Crippen LogP contribution in [-0.2, 0) is 15.0 Å². The van der Waals surface area contributed by atoms with Gasteiger partial charge in [-0.05, 0) is 86.5 Å². The van der Waals surface area contributed by atoms with E-state index in [1.54, 1.807) is 6.92 Å². The topological polar surface area (TPSA) is 52.7 Å². The van der Waals surface area contributed by atoms with E-state index in [0.29, 0.717) is 18.5 Å². The molecule has 0 aromatic heterocycles. The fourth-order valence-electron chi connectivity index (χ4n) is 6.11. The van der Waals surface area contributed by atoms with Crippen LogP contribution < -0.4 is 5.32 Å². The zero-order chi connectivity index (χ0) is 23.6. The molecule has 1 aliphatic carbocycles. The normalized spacial score (nSPS) is 23.9. The van der Waals surface area contributed by atoms with Gasteiger partial charge < -0.3 is 15.1 Å². The number of nitrogens with one attached hydrogen (secondary N) is 1. The van der Waals surface area contributed by atoms with E-state index >= 15 is 0 Å². The molecule has 182 valence electrons. The molecular formula is C28H43N3O2. The van der Waals surface area contributed by atoms with E-state index in [0.717, 1.165) is 25.7 Å². The van der Waals surface area contributed by atoms with E-state index < -0.39 is 0 Å². The van der Waals surface area contributed by atoms with Crippen molar-refractivity contribution in [1.29, 1.82) is 0 Å². The van der Waals surface area contributed by atoms with Gasteiger partial charge in [-0.1, -0.05) is 45.0 Å². The van der Waals surface area contributed by atoms with Crippen LogP contribution >= 0.6 is 0 Å². The molecule has 0 saturated carbocycles. The number of nitrogens with zero attached hydrogens (tertiary/aromatic N) is 2. The highest BCUT2D eigenvalue weighted by atomic mass is 16.2. The van der Waals surface area contributed by atoms with E-state index in [1.807, 2.05) is 4.90 Å². The van der Waals surface area contributed by atoms with E-state index in [9.17, 15) is 9.59 Å². The summed E-state index contributed by atoms with van der Waals surface area (Å²) >= 11 is 0. The van der Waals surface area contributed by atoms with Crippen LogP contribution in [0, 0.1) is 11.3 Å². The Kier molecular flexibility index (Phi) is 7.18. The summed E-state index contributed by atoms with van der Waals surface area (Å²) in [5.74, 6) is 0.311. The highest BCUT2D eigenvalue weighted by Gasteiger charge is 2.42. The van der Waals surface area contributed by atoms with Gasteiger partial charge in [0.25, 0.3) is 0 Å². The number of rotatable bonds is 4. The third kappa shape index (κ3) is 5.62. The van der Waals surface area contributed by atoms with Crippen LogP contribution in [0.4, 0.5) is 0 Å². The van der Waals surface area contributed by atoms with Crippen molar-refractivity contribution in [3.8, 4) is 0 Å². The van der Waals surface area contributed by atoms with Crippen molar-refractivity contribution in [2.75, 3.05) is 32.7 Å². The lowest BCUT2D eigenvalue weighted by molar-refractivity contribution is -0.134. The SMILES string of the molecule is CC(=O)N1CCC(C(=O)N[C@@H]2CCC3(CCN(CCC(C)(C)C)CC3)c3ccccc32)CC1. The van der Waals surface area contributed by atoms with Crippen molar-refractivity contribution in [2.45, 2.75) is 84.1 Å². The highest BCUT2D eigenvalue weighted by Crippen LogP contribution is 2.48. The van der Waals surface area contributed by atoms with E-state index in [4.69, 9.17) is 0 Å². The molecule has 0 bridgehead atoms. The first kappa shape index (κ1) is 24.3. The summed E-state index contributed by atoms with van der Waals surface area (Å²) in [6.07, 6.45) is 7.41. The Morgan fingerprint density at radius 1 is 1.00 bits per heavy atom. The van der Waals surface area contributed by atoms with Crippen LogP contribution in [-0.4, -0.2) is 54.3 Å². The molecule has 2 aliphatic heterocycles. The Hall–Kier alpha value is -1.88. The minimum atomic E-state index is 0.0229. The van der Waals surface area contributed by atoms with Gasteiger partial charge in [-0.3, -0.25) is 9.59 Å². The first-order valence-electron chi connectivity index (χ1n) is 13.0. The second-order valence-corrected chi connectivity index (χ2v) is 11.9. The molecule has 1 spiro atoms. The Bertz CT molecular complexity index is 843. The lowest BCUT2D eigenvalue weighted by Gasteiger charge is -2.47. The van der Waals surface area contributed by atoms with Crippen LogP contribution in [0.5, 0.6) is 0 Å². The highest BCUT2D eigenvalue weighted by molar-refractivity contribution is 5.80. The number of benzene rings is 1. The number of likely N-dealkylation sites (tertiary alicyclic amines) is 2. The van der Waals surface area contributed by atoms with Gasteiger partial charge in [0.2, 0.25) is 11.8 Å². The minimum absolute atomic E-state index is 0.0229. The quantitative estimate of drug-likeness (QED) is 0.721. The van der Waals surface area contributed by atoms with Gasteiger partial charge in [0, 0.05) is 25.9 Å². The lowest BCUT2D eigenvalue weighted by atomic mass is 9.63. The first-order chi connectivity index (χ1) is 15.7. The van der Waals surface area contributed by atoms with Gasteiger partial charge >= 0.3 is 0 Å². The molecule has 2 fully saturated rings. The van der Waals surface area contributed by atoms with Gasteiger partial charge in [0.15, 0.2) is 0 Å². The number of hydrogen-bond donors (Lipinski definition) is 1. The van der Waals surface area contributed by atoms with E-state index in [2.05, 4.69) is 55.3 Å². The molecule has 3 aliphatic rings. The fraction of sp³-hybridized carbons (Fsp3) is 0.714. The minimum Gasteiger partial charge on any atom is -0.349 e. The lowest BCUT2D eigenvalue weighted by Crippen LogP contribution is -2.48. The van der Waals surface area contributed by atoms with Crippen molar-refractivity contribution < 1.29 is 9.59 Å². The summed E-state index contributed by atoms with van der Waals surface area (Å²) in [5.41, 5.74) is 3.47. The molecule has 33 heavy (non-hydrogen) atoms. The van der Waals surface area contributed by atoms with Crippen LogP contribution in [0.15, 0.2) is 24.3 Å². The molecule has 2 heterocycles. The first-order valence-corrected chi connectivity index (χ1v) is 13.0. The molecule has 4 rings (SSSR count). The number of piperidine rings is 2. The molecule has 0 unspecified atom stereocenters. The number of carbonyl (C=O) groups excluding carboxylic acids is 2. The monoisotopic (exact) mass is 453 g/mol. The average molecular weight is 454 g/mol. The molecule has 5 nitrogen and oxygen atoms in total. The van der Waals surface area contributed by atoms with Crippen LogP contribution in [0.2, 0.25) is 0 Å². The zero-order valence-corrected chi connectivity index (χ0v) is 21.2. The average Bonchev–Trinajstić information content (AvgIpc) is 2.80. The number of amides is 2. The molecule has 2 saturated heterocycles. The Morgan fingerprint density at radius 2 is 1.67 bits per heavy atom. The van der Waals surface area contributed by atoms with Gasteiger partial charge in [0.1, 0.15) is 0 Å². The van der Waals surface area contributed by atoms with Crippen molar-refractivity contribution in [3.63, 3.8) is 0 Å². The Morgan fingerprint density at radius 3 is 2.30 bits per heavy atom. The molecule has 2 amide bonds. The second-order valence-electron chi connectivity index (χ2n) is 11.9. The summed E-state index contributed by atoms with van der Waals surface area (Å²) in [4.78, 5) is 29.2. The summed E-state index contributed by atoms with van der Waals surface area (Å²) in [6, 6.07) is 8.98. The maximum atomic E-state index is 13.1. The summed E-state index contributed by atoms with van der Waals surface area (Å²) in [6.45, 7) is 13.6. The molecule has 1 N–H and O–H groups in total. The van der Waals surface area contributed by atoms with Crippen molar-refractivity contribution in [3.05, 3.63) is 35.4 Å². The largest absolute Gasteiger partial charge is 0.349 e. The third-order valence-electron chi connectivity index (χ3n) is 8.44. The van der Waals surface area contributed by atoms with Crippen LogP contribution in [0.1, 0.15) is 89.8 Å². The number of hydrogen-bond acceptors (Lipinski definition) is 3. The number of fused-ring (bicyclic) bond motifs is 2. The van der Waals surface area contributed by atoms with Crippen molar-refractivity contribution >= 4 is 11.8 Å². The zero-order valence-electron chi connectivity index (χ0n) is 21.2. The molecule has 0 radical (unpaired) electrons. The van der Waals surface area contributed by atoms with Crippen molar-refractivity contribution in [1.82, 2.24) is 15.1 Å². The summed E-state index contributed by atoms with van der Waals surface area (Å²) in [5, 5.41) is 3.40. The standard InChI is InChI=1S/C28H43N3O2/c1-21(32)31-16-10-22(11-17-31)26(33)29-25-9-12-28(24-8-6-5-7-23(24)25)14-19-30(20-15-28)18-13-27(2,3)4/h5-8,22,25H,9-20H2,1-4H3,(H,29,33)/t25-/m1/s1. The fourth-order valence-corrected chi connectivity index (χ4v) is 6.11. The predicted molar refractivity (Wildman–Crippen MR) is 133 cm³/mol. The van der Waals surface area contributed by atoms with Crippen LogP contribution in [0.3, 0.4) is 0 Å². The van der Waals surface area contributed by atoms with Gasteiger partial charge in [-0.15, -0.1) is 0 Å². The summed E-state index contributed by atoms with van der Waals surface area (Å²) in [7, 11) is 0. The van der Waals surface area contributed by atoms with Crippen LogP contribution in [0.25, 0.3) is 0 Å². The Labute approximate surface area is 200 Å². The predicted octanol–water partition coefficient (Wildman–Crippen LogP) is 4.67. The maximum absolute atomic E-state index is 13.1. The van der Waals surface area contributed by atoms with Gasteiger partial charge in [-0.25, -0.2) is 0 Å². The van der Waals surface area contributed by atoms with E-state index in [1.165, 1.54) is 50.0 Å². The molecule has 1 aromatic rings. The molecule has 1 aromatic carbocycles. The summed E-state index contributed by atoms with van der Waals surface area (Å²) < 4.78 is 0.